The van der Waals surface area contributed by atoms with Crippen molar-refractivity contribution >= 4 is 10.0 Å². The molecule has 0 heterocycles. The molecule has 3 N–H and O–H groups in total. The highest BCUT2D eigenvalue weighted by Crippen LogP contribution is 2.25. The molecule has 1 aromatic carbocycles. The topological polar surface area (TPSA) is 72.2 Å². The van der Waals surface area contributed by atoms with E-state index in [0.29, 0.717) is 6.54 Å². The van der Waals surface area contributed by atoms with Gasteiger partial charge in [-0.1, -0.05) is 37.1 Å². The highest BCUT2D eigenvalue weighted by atomic mass is 32.2. The molecule has 4 nitrogen and oxygen atoms in total. The van der Waals surface area contributed by atoms with Gasteiger partial charge in [-0.3, -0.25) is 0 Å². The average molecular weight is 282 g/mol. The van der Waals surface area contributed by atoms with Gasteiger partial charge in [0.05, 0.1) is 5.25 Å². The van der Waals surface area contributed by atoms with E-state index in [0.717, 1.165) is 36.8 Å². The second-order valence-corrected chi connectivity index (χ2v) is 7.23. The van der Waals surface area contributed by atoms with E-state index in [2.05, 4.69) is 4.72 Å². The molecular weight excluding hydrogens is 260 g/mol. The fraction of sp³-hybridized carbons (Fsp3) is 0.571. The molecule has 0 aromatic heterocycles. The van der Waals surface area contributed by atoms with Gasteiger partial charge in [-0.05, 0) is 30.9 Å². The number of hydrogen-bond acceptors (Lipinski definition) is 3. The first-order chi connectivity index (χ1) is 9.03. The van der Waals surface area contributed by atoms with Crippen LogP contribution in [0, 0.1) is 0 Å². The first-order valence-electron chi connectivity index (χ1n) is 6.83. The molecule has 1 aliphatic carbocycles. The number of sulfonamides is 1. The molecule has 19 heavy (non-hydrogen) atoms. The quantitative estimate of drug-likeness (QED) is 0.868. The number of rotatable bonds is 5. The van der Waals surface area contributed by atoms with Crippen LogP contribution < -0.4 is 10.5 Å². The van der Waals surface area contributed by atoms with E-state index < -0.39 is 10.0 Å². The number of hydrogen-bond donors (Lipinski definition) is 2. The zero-order chi connectivity index (χ0) is 13.9. The van der Waals surface area contributed by atoms with E-state index in [-0.39, 0.29) is 11.3 Å². The standard InChI is InChI=1S/C14H22N2O2S/c1-11(13-8-6-12(10-15)7-9-13)16-19(17,18)14-4-2-3-5-14/h6-9,11,14,16H,2-5,10,15H2,1H3. The molecule has 0 aliphatic heterocycles. The summed E-state index contributed by atoms with van der Waals surface area (Å²) in [5.74, 6) is 0. The van der Waals surface area contributed by atoms with Crippen LogP contribution in [0.2, 0.25) is 0 Å². The Morgan fingerprint density at radius 3 is 2.37 bits per heavy atom. The van der Waals surface area contributed by atoms with Crippen LogP contribution in [-0.2, 0) is 16.6 Å². The summed E-state index contributed by atoms with van der Waals surface area (Å²) in [5.41, 5.74) is 7.57. The minimum Gasteiger partial charge on any atom is -0.326 e. The van der Waals surface area contributed by atoms with Crippen molar-refractivity contribution in [2.24, 2.45) is 5.73 Å². The normalized spacial score (nSPS) is 18.6. The van der Waals surface area contributed by atoms with Gasteiger partial charge in [-0.15, -0.1) is 0 Å². The fourth-order valence-corrected chi connectivity index (χ4v) is 4.33. The van der Waals surface area contributed by atoms with Crippen LogP contribution in [-0.4, -0.2) is 13.7 Å². The van der Waals surface area contributed by atoms with Gasteiger partial charge in [0.1, 0.15) is 0 Å². The third kappa shape index (κ3) is 3.55. The Hall–Kier alpha value is -0.910. The highest BCUT2D eigenvalue weighted by Gasteiger charge is 2.29. The van der Waals surface area contributed by atoms with Crippen molar-refractivity contribution in [1.29, 1.82) is 0 Å². The second-order valence-electron chi connectivity index (χ2n) is 5.24. The highest BCUT2D eigenvalue weighted by molar-refractivity contribution is 7.90. The van der Waals surface area contributed by atoms with Crippen molar-refractivity contribution in [2.75, 3.05) is 0 Å². The van der Waals surface area contributed by atoms with Crippen LogP contribution in [0.1, 0.15) is 49.8 Å². The molecule has 5 heteroatoms. The molecular formula is C14H22N2O2S. The Morgan fingerprint density at radius 2 is 1.84 bits per heavy atom. The third-order valence-corrected chi connectivity index (χ3v) is 5.83. The predicted molar refractivity (Wildman–Crippen MR) is 77.1 cm³/mol. The number of nitrogens with one attached hydrogen (secondary N) is 1. The van der Waals surface area contributed by atoms with E-state index in [4.69, 9.17) is 5.73 Å². The minimum atomic E-state index is -3.20. The average Bonchev–Trinajstić information content (AvgIpc) is 2.93. The molecule has 0 saturated heterocycles. The molecule has 0 bridgehead atoms. The van der Waals surface area contributed by atoms with E-state index >= 15 is 0 Å². The van der Waals surface area contributed by atoms with Crippen LogP contribution >= 0.6 is 0 Å². The van der Waals surface area contributed by atoms with Crippen LogP contribution in [0.3, 0.4) is 0 Å². The van der Waals surface area contributed by atoms with Crippen molar-refractivity contribution in [1.82, 2.24) is 4.72 Å². The summed E-state index contributed by atoms with van der Waals surface area (Å²) >= 11 is 0. The summed E-state index contributed by atoms with van der Waals surface area (Å²) in [7, 11) is -3.20. The SMILES string of the molecule is CC(NS(=O)(=O)C1CCCC1)c1ccc(CN)cc1. The zero-order valence-electron chi connectivity index (χ0n) is 11.3. The van der Waals surface area contributed by atoms with E-state index in [1.165, 1.54) is 0 Å². The van der Waals surface area contributed by atoms with Crippen molar-refractivity contribution in [3.8, 4) is 0 Å². The van der Waals surface area contributed by atoms with Gasteiger partial charge in [-0.25, -0.2) is 13.1 Å². The fourth-order valence-electron chi connectivity index (χ4n) is 2.55. The van der Waals surface area contributed by atoms with E-state index in [1.54, 1.807) is 0 Å². The van der Waals surface area contributed by atoms with Crippen LogP contribution in [0.25, 0.3) is 0 Å². The van der Waals surface area contributed by atoms with Crippen molar-refractivity contribution in [2.45, 2.75) is 50.4 Å². The van der Waals surface area contributed by atoms with Crippen molar-refractivity contribution < 1.29 is 8.42 Å². The monoisotopic (exact) mass is 282 g/mol. The molecule has 1 fully saturated rings. The van der Waals surface area contributed by atoms with E-state index in [1.807, 2.05) is 31.2 Å². The van der Waals surface area contributed by atoms with Crippen LogP contribution in [0.5, 0.6) is 0 Å². The maximum absolute atomic E-state index is 12.2. The summed E-state index contributed by atoms with van der Waals surface area (Å²) in [6, 6.07) is 7.55. The van der Waals surface area contributed by atoms with Gasteiger partial charge < -0.3 is 5.73 Å². The van der Waals surface area contributed by atoms with Gasteiger partial charge in [0.15, 0.2) is 0 Å². The number of nitrogens with two attached hydrogens (primary N) is 1. The molecule has 1 atom stereocenters. The van der Waals surface area contributed by atoms with Gasteiger partial charge in [-0.2, -0.15) is 0 Å². The Morgan fingerprint density at radius 1 is 1.26 bits per heavy atom. The molecule has 1 aliphatic rings. The minimum absolute atomic E-state index is 0.197. The zero-order valence-corrected chi connectivity index (χ0v) is 12.1. The van der Waals surface area contributed by atoms with Crippen LogP contribution in [0.4, 0.5) is 0 Å². The molecule has 106 valence electrons. The van der Waals surface area contributed by atoms with Gasteiger partial charge >= 0.3 is 0 Å². The first-order valence-corrected chi connectivity index (χ1v) is 8.37. The lowest BCUT2D eigenvalue weighted by atomic mass is 10.1. The molecule has 1 aromatic rings. The Kier molecular flexibility index (Phi) is 4.60. The Balaban J connectivity index is 2.04. The maximum atomic E-state index is 12.2. The summed E-state index contributed by atoms with van der Waals surface area (Å²) in [6.07, 6.45) is 3.61. The molecule has 1 unspecified atom stereocenters. The van der Waals surface area contributed by atoms with E-state index in [9.17, 15) is 8.42 Å². The predicted octanol–water partition coefficient (Wildman–Crippen LogP) is 2.07. The summed E-state index contributed by atoms with van der Waals surface area (Å²) in [4.78, 5) is 0. The second kappa shape index (κ2) is 6.03. The molecule has 0 amide bonds. The Labute approximate surface area is 115 Å². The van der Waals surface area contributed by atoms with Gasteiger partial charge in [0.2, 0.25) is 10.0 Å². The van der Waals surface area contributed by atoms with Crippen LogP contribution in [0.15, 0.2) is 24.3 Å². The lowest BCUT2D eigenvalue weighted by molar-refractivity contribution is 0.550. The third-order valence-electron chi connectivity index (χ3n) is 3.80. The number of benzene rings is 1. The first kappa shape index (κ1) is 14.5. The van der Waals surface area contributed by atoms with Gasteiger partial charge in [0, 0.05) is 12.6 Å². The molecule has 1 saturated carbocycles. The van der Waals surface area contributed by atoms with Crippen molar-refractivity contribution in [3.05, 3.63) is 35.4 Å². The summed E-state index contributed by atoms with van der Waals surface area (Å²) in [6.45, 7) is 2.38. The molecule has 2 rings (SSSR count). The summed E-state index contributed by atoms with van der Waals surface area (Å²) in [5, 5.41) is -0.210. The van der Waals surface area contributed by atoms with Gasteiger partial charge in [0.25, 0.3) is 0 Å². The molecule has 0 spiro atoms. The molecule has 0 radical (unpaired) electrons. The Bertz CT molecular complexity index is 505. The van der Waals surface area contributed by atoms with Crippen molar-refractivity contribution in [3.63, 3.8) is 0 Å². The summed E-state index contributed by atoms with van der Waals surface area (Å²) < 4.78 is 27.2. The largest absolute Gasteiger partial charge is 0.326 e. The lowest BCUT2D eigenvalue weighted by Crippen LogP contribution is -2.34. The lowest BCUT2D eigenvalue weighted by Gasteiger charge is -2.18. The maximum Gasteiger partial charge on any atom is 0.215 e. The smallest absolute Gasteiger partial charge is 0.215 e.